The fourth-order valence-electron chi connectivity index (χ4n) is 1.78. The molecular weight excluding hydrogens is 196 g/mol. The van der Waals surface area contributed by atoms with Crippen LogP contribution >= 0.6 is 0 Å². The minimum atomic E-state index is -0.862. The van der Waals surface area contributed by atoms with Crippen molar-refractivity contribution in [2.45, 2.75) is 51.1 Å². The number of carboxylic acid groups (broad SMARTS) is 1. The van der Waals surface area contributed by atoms with Gasteiger partial charge in [-0.25, -0.2) is 4.79 Å². The van der Waals surface area contributed by atoms with Crippen LogP contribution in [-0.2, 0) is 4.79 Å². The summed E-state index contributed by atoms with van der Waals surface area (Å²) in [5.41, 5.74) is -0.509. The summed E-state index contributed by atoms with van der Waals surface area (Å²) in [5.74, 6) is -0.862. The Balaban J connectivity index is 2.46. The second-order valence-corrected chi connectivity index (χ2v) is 4.46. The number of carbonyl (C=O) groups excluding carboxylic acids is 1. The van der Waals surface area contributed by atoms with E-state index < -0.39 is 11.5 Å². The molecule has 0 atom stereocenters. The van der Waals surface area contributed by atoms with Gasteiger partial charge in [-0.1, -0.05) is 0 Å². The van der Waals surface area contributed by atoms with Crippen molar-refractivity contribution >= 4 is 12.0 Å². The highest BCUT2D eigenvalue weighted by Gasteiger charge is 2.40. The summed E-state index contributed by atoms with van der Waals surface area (Å²) in [5, 5.41) is 14.2. The fourth-order valence-corrected chi connectivity index (χ4v) is 1.78. The molecule has 0 bridgehead atoms. The van der Waals surface area contributed by atoms with Crippen LogP contribution in [0.2, 0.25) is 0 Å². The molecule has 1 rings (SSSR count). The normalized spacial score (nSPS) is 18.1. The van der Waals surface area contributed by atoms with Gasteiger partial charge in [-0.05, 0) is 33.1 Å². The third kappa shape index (κ3) is 3.42. The van der Waals surface area contributed by atoms with Crippen LogP contribution in [0.15, 0.2) is 0 Å². The zero-order valence-electron chi connectivity index (χ0n) is 9.17. The van der Waals surface area contributed by atoms with Gasteiger partial charge in [-0.15, -0.1) is 0 Å². The number of carbonyl (C=O) groups is 2. The maximum atomic E-state index is 11.4. The lowest BCUT2D eigenvalue weighted by molar-refractivity contribution is -0.139. The van der Waals surface area contributed by atoms with Gasteiger partial charge in [0.2, 0.25) is 0 Å². The summed E-state index contributed by atoms with van der Waals surface area (Å²) >= 11 is 0. The first kappa shape index (κ1) is 11.8. The summed E-state index contributed by atoms with van der Waals surface area (Å²) in [7, 11) is 0. The van der Waals surface area contributed by atoms with Crippen molar-refractivity contribution in [3.63, 3.8) is 0 Å². The molecule has 15 heavy (non-hydrogen) atoms. The Hall–Kier alpha value is -1.26. The second kappa shape index (κ2) is 4.51. The molecular formula is C10H18N2O3. The Morgan fingerprint density at radius 1 is 1.40 bits per heavy atom. The quantitative estimate of drug-likeness (QED) is 0.655. The highest BCUT2D eigenvalue weighted by atomic mass is 16.4. The Bertz CT molecular complexity index is 259. The van der Waals surface area contributed by atoms with E-state index in [-0.39, 0.29) is 18.5 Å². The first-order chi connectivity index (χ1) is 6.93. The van der Waals surface area contributed by atoms with Crippen LogP contribution in [0.1, 0.15) is 39.5 Å². The summed E-state index contributed by atoms with van der Waals surface area (Å²) in [6, 6.07) is -0.210. The van der Waals surface area contributed by atoms with E-state index in [4.69, 9.17) is 5.11 Å². The van der Waals surface area contributed by atoms with Gasteiger partial charge in [0.05, 0.1) is 12.0 Å². The van der Waals surface area contributed by atoms with Gasteiger partial charge in [0.15, 0.2) is 0 Å². The molecule has 0 unspecified atom stereocenters. The van der Waals surface area contributed by atoms with E-state index in [1.807, 2.05) is 13.8 Å². The van der Waals surface area contributed by atoms with Gasteiger partial charge in [-0.3, -0.25) is 4.79 Å². The predicted octanol–water partition coefficient (Wildman–Crippen LogP) is 1.09. The summed E-state index contributed by atoms with van der Waals surface area (Å²) in [4.78, 5) is 22.1. The minimum absolute atomic E-state index is 0.0124. The van der Waals surface area contributed by atoms with Crippen molar-refractivity contribution in [2.24, 2.45) is 0 Å². The van der Waals surface area contributed by atoms with Crippen LogP contribution in [0.4, 0.5) is 4.79 Å². The average molecular weight is 214 g/mol. The number of nitrogens with one attached hydrogen (secondary N) is 2. The number of aliphatic carboxylic acids is 1. The Kier molecular flexibility index (Phi) is 3.55. The molecule has 1 aliphatic rings. The van der Waals surface area contributed by atoms with Crippen molar-refractivity contribution in [3.8, 4) is 0 Å². The summed E-state index contributed by atoms with van der Waals surface area (Å²) in [6.07, 6.45) is 2.50. The fraction of sp³-hybridized carbons (Fsp3) is 0.800. The first-order valence-corrected chi connectivity index (χ1v) is 5.24. The number of rotatable bonds is 4. The lowest BCUT2D eigenvalue weighted by Crippen LogP contribution is -2.58. The highest BCUT2D eigenvalue weighted by molar-refractivity contribution is 5.77. The molecule has 0 radical (unpaired) electrons. The lowest BCUT2D eigenvalue weighted by atomic mass is 9.74. The number of hydrogen-bond acceptors (Lipinski definition) is 2. The number of urea groups is 1. The number of amides is 2. The molecule has 0 saturated heterocycles. The van der Waals surface area contributed by atoms with Gasteiger partial charge in [-0.2, -0.15) is 0 Å². The van der Waals surface area contributed by atoms with Gasteiger partial charge in [0.1, 0.15) is 0 Å². The molecule has 3 N–H and O–H groups in total. The van der Waals surface area contributed by atoms with Crippen LogP contribution in [-0.4, -0.2) is 28.7 Å². The van der Waals surface area contributed by atoms with E-state index in [2.05, 4.69) is 10.6 Å². The van der Waals surface area contributed by atoms with Crippen molar-refractivity contribution in [3.05, 3.63) is 0 Å². The van der Waals surface area contributed by atoms with Gasteiger partial charge in [0.25, 0.3) is 0 Å². The third-order valence-electron chi connectivity index (χ3n) is 2.60. The van der Waals surface area contributed by atoms with E-state index in [1.54, 1.807) is 0 Å². The van der Waals surface area contributed by atoms with Gasteiger partial charge >= 0.3 is 12.0 Å². The van der Waals surface area contributed by atoms with Gasteiger partial charge in [0, 0.05) is 6.04 Å². The summed E-state index contributed by atoms with van der Waals surface area (Å²) < 4.78 is 0. The Morgan fingerprint density at radius 2 is 2.00 bits per heavy atom. The number of hydrogen-bond donors (Lipinski definition) is 3. The standard InChI is InChI=1S/C10H18N2O3/c1-7(2)11-9(15)12-10(4-3-5-10)6-8(13)14/h7H,3-6H2,1-2H3,(H,13,14)(H2,11,12,15). The topological polar surface area (TPSA) is 78.4 Å². The van der Waals surface area contributed by atoms with E-state index >= 15 is 0 Å². The van der Waals surface area contributed by atoms with Crippen molar-refractivity contribution in [1.29, 1.82) is 0 Å². The number of carboxylic acids is 1. The second-order valence-electron chi connectivity index (χ2n) is 4.46. The van der Waals surface area contributed by atoms with Crippen LogP contribution in [0.3, 0.4) is 0 Å². The van der Waals surface area contributed by atoms with Crippen molar-refractivity contribution in [1.82, 2.24) is 10.6 Å². The highest BCUT2D eigenvalue weighted by Crippen LogP contribution is 2.34. The summed E-state index contributed by atoms with van der Waals surface area (Å²) in [6.45, 7) is 3.73. The average Bonchev–Trinajstić information content (AvgIpc) is 1.97. The van der Waals surface area contributed by atoms with E-state index in [0.29, 0.717) is 0 Å². The van der Waals surface area contributed by atoms with Crippen molar-refractivity contribution < 1.29 is 14.7 Å². The van der Waals surface area contributed by atoms with Crippen LogP contribution < -0.4 is 10.6 Å². The van der Waals surface area contributed by atoms with Gasteiger partial charge < -0.3 is 15.7 Å². The third-order valence-corrected chi connectivity index (χ3v) is 2.60. The molecule has 0 aliphatic heterocycles. The van der Waals surface area contributed by atoms with Crippen LogP contribution in [0.25, 0.3) is 0 Å². The predicted molar refractivity (Wildman–Crippen MR) is 55.6 cm³/mol. The molecule has 1 saturated carbocycles. The molecule has 5 nitrogen and oxygen atoms in total. The molecule has 2 amide bonds. The minimum Gasteiger partial charge on any atom is -0.481 e. The largest absolute Gasteiger partial charge is 0.481 e. The van der Waals surface area contributed by atoms with Crippen LogP contribution in [0.5, 0.6) is 0 Å². The first-order valence-electron chi connectivity index (χ1n) is 5.24. The van der Waals surface area contributed by atoms with E-state index in [1.165, 1.54) is 0 Å². The monoisotopic (exact) mass is 214 g/mol. The zero-order valence-corrected chi connectivity index (χ0v) is 9.17. The molecule has 1 aliphatic carbocycles. The molecule has 1 fully saturated rings. The molecule has 0 spiro atoms. The van der Waals surface area contributed by atoms with E-state index in [9.17, 15) is 9.59 Å². The molecule has 0 aromatic carbocycles. The van der Waals surface area contributed by atoms with E-state index in [0.717, 1.165) is 19.3 Å². The lowest BCUT2D eigenvalue weighted by Gasteiger charge is -2.41. The zero-order chi connectivity index (χ0) is 11.5. The molecule has 5 heteroatoms. The molecule has 0 aromatic heterocycles. The smallest absolute Gasteiger partial charge is 0.315 e. The molecule has 0 heterocycles. The molecule has 0 aromatic rings. The maximum Gasteiger partial charge on any atom is 0.315 e. The Labute approximate surface area is 89.2 Å². The Morgan fingerprint density at radius 3 is 2.33 bits per heavy atom. The van der Waals surface area contributed by atoms with Crippen LogP contribution in [0, 0.1) is 0 Å². The molecule has 86 valence electrons. The SMILES string of the molecule is CC(C)NC(=O)NC1(CC(=O)O)CCC1. The maximum absolute atomic E-state index is 11.4. The van der Waals surface area contributed by atoms with Crippen molar-refractivity contribution in [2.75, 3.05) is 0 Å².